The summed E-state index contributed by atoms with van der Waals surface area (Å²) in [7, 11) is 0. The molecule has 0 saturated heterocycles. The molecule has 0 bridgehead atoms. The number of H-pyrrole nitrogens is 1. The van der Waals surface area contributed by atoms with Crippen LogP contribution >= 0.6 is 44.1 Å². The molecule has 2 N–H and O–H groups in total. The third kappa shape index (κ3) is 3.33. The molecule has 122 valence electrons. The van der Waals surface area contributed by atoms with E-state index in [4.69, 9.17) is 12.2 Å². The Hall–Kier alpha value is -1.84. The number of halogens is 3. The second-order valence-corrected chi connectivity index (χ2v) is 6.87. The summed E-state index contributed by atoms with van der Waals surface area (Å²) in [5.74, 6) is -0.164. The average molecular weight is 472 g/mol. The Bertz CT molecular complexity index is 999. The number of aromatic hydroxyl groups is 1. The Morgan fingerprint density at radius 2 is 2.04 bits per heavy atom. The summed E-state index contributed by atoms with van der Waals surface area (Å²) in [6.45, 7) is 0. The van der Waals surface area contributed by atoms with Crippen molar-refractivity contribution in [1.82, 2.24) is 14.9 Å². The van der Waals surface area contributed by atoms with Crippen LogP contribution in [0.4, 0.5) is 4.39 Å². The molecular weight excluding hydrogens is 463 g/mol. The zero-order chi connectivity index (χ0) is 17.3. The van der Waals surface area contributed by atoms with Gasteiger partial charge in [0.15, 0.2) is 5.82 Å². The predicted molar refractivity (Wildman–Crippen MR) is 99.3 cm³/mol. The second-order valence-electron chi connectivity index (χ2n) is 4.71. The zero-order valence-electron chi connectivity index (χ0n) is 11.9. The fourth-order valence-electron chi connectivity index (χ4n) is 2.02. The summed E-state index contributed by atoms with van der Waals surface area (Å²) < 4.78 is 16.8. The van der Waals surface area contributed by atoms with Gasteiger partial charge in [0.05, 0.1) is 16.3 Å². The average Bonchev–Trinajstić information content (AvgIpc) is 2.90. The van der Waals surface area contributed by atoms with Gasteiger partial charge < -0.3 is 5.11 Å². The van der Waals surface area contributed by atoms with E-state index in [1.54, 1.807) is 30.3 Å². The maximum absolute atomic E-state index is 14.0. The maximum atomic E-state index is 14.0. The van der Waals surface area contributed by atoms with Crippen LogP contribution in [0.3, 0.4) is 0 Å². The highest BCUT2D eigenvalue weighted by molar-refractivity contribution is 9.11. The molecule has 0 aliphatic carbocycles. The molecule has 0 saturated carbocycles. The molecule has 0 fully saturated rings. The third-order valence-corrected chi connectivity index (χ3v) is 4.46. The lowest BCUT2D eigenvalue weighted by atomic mass is 10.2. The van der Waals surface area contributed by atoms with Crippen LogP contribution in [0, 0.1) is 10.6 Å². The zero-order valence-corrected chi connectivity index (χ0v) is 15.9. The van der Waals surface area contributed by atoms with Crippen molar-refractivity contribution in [3.63, 3.8) is 0 Å². The van der Waals surface area contributed by atoms with E-state index in [0.29, 0.717) is 10.0 Å². The summed E-state index contributed by atoms with van der Waals surface area (Å²) in [5, 5.41) is 20.9. The van der Waals surface area contributed by atoms with Gasteiger partial charge in [0.25, 0.3) is 0 Å². The van der Waals surface area contributed by atoms with Crippen molar-refractivity contribution in [3.05, 3.63) is 61.5 Å². The van der Waals surface area contributed by atoms with Crippen LogP contribution < -0.4 is 0 Å². The highest BCUT2D eigenvalue weighted by Gasteiger charge is 2.12. The van der Waals surface area contributed by atoms with Gasteiger partial charge in [-0.2, -0.15) is 14.9 Å². The molecule has 1 aromatic heterocycles. The van der Waals surface area contributed by atoms with E-state index in [0.717, 1.165) is 4.47 Å². The number of aromatic amines is 1. The Morgan fingerprint density at radius 3 is 2.79 bits per heavy atom. The van der Waals surface area contributed by atoms with Gasteiger partial charge in [-0.25, -0.2) is 9.49 Å². The number of nitrogens with one attached hydrogen (secondary N) is 1. The monoisotopic (exact) mass is 470 g/mol. The number of benzene rings is 2. The second kappa shape index (κ2) is 6.96. The summed E-state index contributed by atoms with van der Waals surface area (Å²) in [4.78, 5) is 0. The molecule has 0 aliphatic heterocycles. The minimum atomic E-state index is -0.434. The molecule has 1 heterocycles. The predicted octanol–water partition coefficient (Wildman–Crippen LogP) is 4.86. The quantitative estimate of drug-likeness (QED) is 0.423. The lowest BCUT2D eigenvalue weighted by molar-refractivity contribution is 0.471. The van der Waals surface area contributed by atoms with E-state index < -0.39 is 5.82 Å². The molecule has 2 aromatic carbocycles. The maximum Gasteiger partial charge on any atom is 0.216 e. The standard InChI is InChI=1S/C15H9Br2FN4OS/c16-9-5-8(13(23)11(17)6-9)7-19-22-14(20-21-15(22)24)10-3-1-2-4-12(10)18/h1-7,23H,(H,21,24). The summed E-state index contributed by atoms with van der Waals surface area (Å²) in [6.07, 6.45) is 1.42. The topological polar surface area (TPSA) is 66.2 Å². The first kappa shape index (κ1) is 17.0. The van der Waals surface area contributed by atoms with Gasteiger partial charge in [0, 0.05) is 10.0 Å². The number of aromatic nitrogens is 3. The number of phenols is 1. The van der Waals surface area contributed by atoms with Crippen LogP contribution in [-0.4, -0.2) is 26.2 Å². The molecular formula is C15H9Br2FN4OS. The number of hydrogen-bond acceptors (Lipinski definition) is 4. The normalized spacial score (nSPS) is 11.3. The molecule has 0 atom stereocenters. The van der Waals surface area contributed by atoms with Crippen LogP contribution in [0.2, 0.25) is 0 Å². The highest BCUT2D eigenvalue weighted by atomic mass is 79.9. The van der Waals surface area contributed by atoms with Crippen molar-refractivity contribution in [3.8, 4) is 17.1 Å². The van der Waals surface area contributed by atoms with Crippen LogP contribution in [0.15, 0.2) is 50.4 Å². The molecule has 0 radical (unpaired) electrons. The Morgan fingerprint density at radius 1 is 1.29 bits per heavy atom. The van der Waals surface area contributed by atoms with E-state index in [9.17, 15) is 9.50 Å². The minimum Gasteiger partial charge on any atom is -0.506 e. The van der Waals surface area contributed by atoms with Gasteiger partial charge in [-0.05, 0) is 52.4 Å². The van der Waals surface area contributed by atoms with E-state index in [1.165, 1.54) is 17.0 Å². The van der Waals surface area contributed by atoms with Gasteiger partial charge in [-0.1, -0.05) is 28.1 Å². The number of phenolic OH excluding ortho intramolecular Hbond substituents is 1. The smallest absolute Gasteiger partial charge is 0.216 e. The fraction of sp³-hybridized carbons (Fsp3) is 0. The lowest BCUT2D eigenvalue weighted by Gasteiger charge is -2.04. The molecule has 3 aromatic rings. The first-order valence-corrected chi connectivity index (χ1v) is 8.61. The highest BCUT2D eigenvalue weighted by Crippen LogP contribution is 2.30. The van der Waals surface area contributed by atoms with Crippen molar-refractivity contribution >= 4 is 50.3 Å². The Kier molecular flexibility index (Phi) is 4.93. The van der Waals surface area contributed by atoms with Gasteiger partial charge in [-0.15, -0.1) is 0 Å². The molecule has 0 amide bonds. The Labute approximate surface area is 158 Å². The summed E-state index contributed by atoms with van der Waals surface area (Å²) in [5.41, 5.74) is 0.723. The van der Waals surface area contributed by atoms with E-state index in [2.05, 4.69) is 47.2 Å². The molecule has 0 spiro atoms. The summed E-state index contributed by atoms with van der Waals surface area (Å²) >= 11 is 11.7. The van der Waals surface area contributed by atoms with Gasteiger partial charge in [0.2, 0.25) is 4.77 Å². The molecule has 0 aliphatic rings. The first-order chi connectivity index (χ1) is 11.5. The molecule has 3 rings (SSSR count). The van der Waals surface area contributed by atoms with Crippen LogP contribution in [0.25, 0.3) is 11.4 Å². The third-order valence-electron chi connectivity index (χ3n) is 3.14. The fourth-order valence-corrected chi connectivity index (χ4v) is 3.46. The van der Waals surface area contributed by atoms with Crippen LogP contribution in [-0.2, 0) is 0 Å². The lowest BCUT2D eigenvalue weighted by Crippen LogP contribution is -1.97. The number of hydrogen-bond donors (Lipinski definition) is 2. The molecule has 5 nitrogen and oxygen atoms in total. The SMILES string of the molecule is Oc1c(Br)cc(Br)cc1C=Nn1c(-c2ccccc2F)n[nH]c1=S. The Balaban J connectivity index is 2.08. The minimum absolute atomic E-state index is 0.0319. The number of nitrogens with zero attached hydrogens (tertiary/aromatic N) is 3. The molecule has 9 heteroatoms. The van der Waals surface area contributed by atoms with Crippen molar-refractivity contribution < 1.29 is 9.50 Å². The van der Waals surface area contributed by atoms with Crippen molar-refractivity contribution in [2.45, 2.75) is 0 Å². The van der Waals surface area contributed by atoms with Crippen LogP contribution in [0.1, 0.15) is 5.56 Å². The molecule has 24 heavy (non-hydrogen) atoms. The van der Waals surface area contributed by atoms with E-state index >= 15 is 0 Å². The van der Waals surface area contributed by atoms with Crippen molar-refractivity contribution in [2.75, 3.05) is 0 Å². The van der Waals surface area contributed by atoms with E-state index in [-0.39, 0.29) is 21.9 Å². The summed E-state index contributed by atoms with van der Waals surface area (Å²) in [6, 6.07) is 9.60. The van der Waals surface area contributed by atoms with Crippen LogP contribution in [0.5, 0.6) is 5.75 Å². The van der Waals surface area contributed by atoms with E-state index in [1.807, 2.05) is 0 Å². The largest absolute Gasteiger partial charge is 0.506 e. The number of rotatable bonds is 3. The first-order valence-electron chi connectivity index (χ1n) is 6.62. The van der Waals surface area contributed by atoms with Crippen molar-refractivity contribution in [2.24, 2.45) is 5.10 Å². The van der Waals surface area contributed by atoms with Crippen molar-refractivity contribution in [1.29, 1.82) is 0 Å². The van der Waals surface area contributed by atoms with Gasteiger partial charge in [-0.3, -0.25) is 0 Å². The van der Waals surface area contributed by atoms with Gasteiger partial charge >= 0.3 is 0 Å². The molecule has 0 unspecified atom stereocenters. The van der Waals surface area contributed by atoms with Gasteiger partial charge in [0.1, 0.15) is 11.6 Å².